The van der Waals surface area contributed by atoms with E-state index in [0.717, 1.165) is 36.5 Å². The average molecular weight is 239 g/mol. The lowest BCUT2D eigenvalue weighted by Crippen LogP contribution is -2.46. The van der Waals surface area contributed by atoms with Gasteiger partial charge in [-0.15, -0.1) is 11.3 Å². The van der Waals surface area contributed by atoms with Crippen LogP contribution in [0, 0.1) is 6.92 Å². The Balaban J connectivity index is 2.07. The summed E-state index contributed by atoms with van der Waals surface area (Å²) in [5, 5.41) is 3.24. The highest BCUT2D eigenvalue weighted by molar-refractivity contribution is 7.11. The molecule has 0 bridgehead atoms. The maximum absolute atomic E-state index is 12.2. The average Bonchev–Trinajstić information content (AvgIpc) is 2.74. The molecule has 4 nitrogen and oxygen atoms in total. The van der Waals surface area contributed by atoms with Crippen LogP contribution >= 0.6 is 11.3 Å². The lowest BCUT2D eigenvalue weighted by Gasteiger charge is -2.32. The van der Waals surface area contributed by atoms with Crippen molar-refractivity contribution >= 4 is 17.2 Å². The quantitative estimate of drug-likeness (QED) is 0.845. The van der Waals surface area contributed by atoms with Gasteiger partial charge in [0.2, 0.25) is 0 Å². The number of carbonyl (C=O) groups excluding carboxylic acids is 1. The van der Waals surface area contributed by atoms with Crippen LogP contribution in [0.5, 0.6) is 0 Å². The van der Waals surface area contributed by atoms with Gasteiger partial charge in [0, 0.05) is 19.1 Å². The van der Waals surface area contributed by atoms with Gasteiger partial charge < -0.3 is 10.2 Å². The standard InChI is InChI=1S/C11H17N3OS/c1-8-10(16-7-13-8)11(15)14-5-3-4-9(6-14)12-2/h7,9,12H,3-6H2,1-2H3. The van der Waals surface area contributed by atoms with Crippen LogP contribution in [-0.4, -0.2) is 42.0 Å². The molecule has 0 aromatic carbocycles. The first-order chi connectivity index (χ1) is 7.72. The third kappa shape index (κ3) is 2.25. The number of thiazole rings is 1. The fraction of sp³-hybridized carbons (Fsp3) is 0.636. The fourth-order valence-corrected chi connectivity index (χ4v) is 2.82. The van der Waals surface area contributed by atoms with Gasteiger partial charge in [-0.2, -0.15) is 0 Å². The molecule has 0 radical (unpaired) electrons. The maximum atomic E-state index is 12.2. The number of carbonyl (C=O) groups is 1. The zero-order valence-electron chi connectivity index (χ0n) is 9.69. The lowest BCUT2D eigenvalue weighted by molar-refractivity contribution is 0.0702. The van der Waals surface area contributed by atoms with E-state index in [4.69, 9.17) is 0 Å². The highest BCUT2D eigenvalue weighted by Crippen LogP contribution is 2.18. The molecule has 1 unspecified atom stereocenters. The number of likely N-dealkylation sites (N-methyl/N-ethyl adjacent to an activating group) is 1. The number of rotatable bonds is 2. The van der Waals surface area contributed by atoms with Crippen molar-refractivity contribution in [3.8, 4) is 0 Å². The predicted molar refractivity (Wildman–Crippen MR) is 64.8 cm³/mol. The first-order valence-electron chi connectivity index (χ1n) is 5.59. The Hall–Kier alpha value is -0.940. The zero-order chi connectivity index (χ0) is 11.5. The molecule has 1 aliphatic rings. The maximum Gasteiger partial charge on any atom is 0.265 e. The van der Waals surface area contributed by atoms with Crippen LogP contribution in [-0.2, 0) is 0 Å². The molecule has 2 rings (SSSR count). The van der Waals surface area contributed by atoms with Crippen LogP contribution in [0.1, 0.15) is 28.2 Å². The number of piperidine rings is 1. The van der Waals surface area contributed by atoms with Gasteiger partial charge in [0.05, 0.1) is 11.2 Å². The van der Waals surface area contributed by atoms with Gasteiger partial charge in [-0.25, -0.2) is 4.98 Å². The second kappa shape index (κ2) is 4.93. The van der Waals surface area contributed by atoms with E-state index in [9.17, 15) is 4.79 Å². The van der Waals surface area contributed by atoms with Crippen LogP contribution in [0.4, 0.5) is 0 Å². The Labute approximate surface area is 99.7 Å². The summed E-state index contributed by atoms with van der Waals surface area (Å²) >= 11 is 1.44. The summed E-state index contributed by atoms with van der Waals surface area (Å²) in [5.41, 5.74) is 2.59. The molecule has 0 aliphatic carbocycles. The summed E-state index contributed by atoms with van der Waals surface area (Å²) in [6, 6.07) is 0.436. The van der Waals surface area contributed by atoms with Crippen molar-refractivity contribution in [3.63, 3.8) is 0 Å². The molecule has 1 aliphatic heterocycles. The van der Waals surface area contributed by atoms with Crippen molar-refractivity contribution < 1.29 is 4.79 Å². The minimum Gasteiger partial charge on any atom is -0.336 e. The van der Waals surface area contributed by atoms with Gasteiger partial charge in [-0.1, -0.05) is 0 Å². The van der Waals surface area contributed by atoms with Crippen LogP contribution in [0.3, 0.4) is 0 Å². The van der Waals surface area contributed by atoms with Crippen molar-refractivity contribution in [1.29, 1.82) is 0 Å². The summed E-state index contributed by atoms with van der Waals surface area (Å²) in [5.74, 6) is 0.139. The molecule has 0 spiro atoms. The van der Waals surface area contributed by atoms with Crippen LogP contribution in [0.25, 0.3) is 0 Å². The molecule has 2 heterocycles. The number of hydrogen-bond acceptors (Lipinski definition) is 4. The molecule has 1 N–H and O–H groups in total. The van der Waals surface area contributed by atoms with Gasteiger partial charge in [-0.3, -0.25) is 4.79 Å². The number of likely N-dealkylation sites (tertiary alicyclic amines) is 1. The fourth-order valence-electron chi connectivity index (χ4n) is 2.05. The largest absolute Gasteiger partial charge is 0.336 e. The summed E-state index contributed by atoms with van der Waals surface area (Å²) in [6.07, 6.45) is 2.23. The summed E-state index contributed by atoms with van der Waals surface area (Å²) in [6.45, 7) is 3.57. The molecule has 88 valence electrons. The number of nitrogens with one attached hydrogen (secondary N) is 1. The Kier molecular flexibility index (Phi) is 3.56. The minimum atomic E-state index is 0.139. The second-order valence-corrected chi connectivity index (χ2v) is 5.00. The van der Waals surface area contributed by atoms with E-state index in [1.54, 1.807) is 5.51 Å². The molecule has 1 saturated heterocycles. The molecular weight excluding hydrogens is 222 g/mol. The van der Waals surface area contributed by atoms with E-state index < -0.39 is 0 Å². The third-order valence-corrected chi connectivity index (χ3v) is 3.97. The van der Waals surface area contributed by atoms with Crippen LogP contribution in [0.15, 0.2) is 5.51 Å². The van der Waals surface area contributed by atoms with E-state index in [0.29, 0.717) is 6.04 Å². The van der Waals surface area contributed by atoms with Gasteiger partial charge >= 0.3 is 0 Å². The molecule has 1 aromatic rings. The molecule has 5 heteroatoms. The van der Waals surface area contributed by atoms with E-state index in [2.05, 4.69) is 10.3 Å². The predicted octanol–water partition coefficient (Wildman–Crippen LogP) is 1.28. The molecule has 16 heavy (non-hydrogen) atoms. The Morgan fingerprint density at radius 3 is 3.12 bits per heavy atom. The summed E-state index contributed by atoms with van der Waals surface area (Å²) in [4.78, 5) is 19.1. The van der Waals surface area contributed by atoms with Crippen molar-refractivity contribution in [2.24, 2.45) is 0 Å². The number of aromatic nitrogens is 1. The Morgan fingerprint density at radius 2 is 2.50 bits per heavy atom. The van der Waals surface area contributed by atoms with Crippen molar-refractivity contribution in [2.45, 2.75) is 25.8 Å². The van der Waals surface area contributed by atoms with Crippen LogP contribution in [0.2, 0.25) is 0 Å². The van der Waals surface area contributed by atoms with Gasteiger partial charge in [-0.05, 0) is 26.8 Å². The second-order valence-electron chi connectivity index (χ2n) is 4.15. The topological polar surface area (TPSA) is 45.2 Å². The van der Waals surface area contributed by atoms with E-state index in [1.165, 1.54) is 11.3 Å². The van der Waals surface area contributed by atoms with E-state index >= 15 is 0 Å². The van der Waals surface area contributed by atoms with Gasteiger partial charge in [0.25, 0.3) is 5.91 Å². The number of nitrogens with zero attached hydrogens (tertiary/aromatic N) is 2. The Morgan fingerprint density at radius 1 is 1.69 bits per heavy atom. The molecular formula is C11H17N3OS. The van der Waals surface area contributed by atoms with Gasteiger partial charge in [0.15, 0.2) is 0 Å². The van der Waals surface area contributed by atoms with Crippen molar-refractivity contribution in [2.75, 3.05) is 20.1 Å². The minimum absolute atomic E-state index is 0.139. The number of hydrogen-bond donors (Lipinski definition) is 1. The number of aryl methyl sites for hydroxylation is 1. The summed E-state index contributed by atoms with van der Waals surface area (Å²) < 4.78 is 0. The molecule has 1 aromatic heterocycles. The zero-order valence-corrected chi connectivity index (χ0v) is 10.5. The molecule has 0 saturated carbocycles. The molecule has 1 fully saturated rings. The van der Waals surface area contributed by atoms with Crippen LogP contribution < -0.4 is 5.32 Å². The molecule has 1 atom stereocenters. The highest BCUT2D eigenvalue weighted by atomic mass is 32.1. The summed E-state index contributed by atoms with van der Waals surface area (Å²) in [7, 11) is 1.95. The first kappa shape index (κ1) is 11.5. The van der Waals surface area contributed by atoms with Gasteiger partial charge in [0.1, 0.15) is 4.88 Å². The SMILES string of the molecule is CNC1CCCN(C(=O)c2scnc2C)C1. The van der Waals surface area contributed by atoms with Crippen molar-refractivity contribution in [1.82, 2.24) is 15.2 Å². The lowest BCUT2D eigenvalue weighted by atomic mass is 10.1. The third-order valence-electron chi connectivity index (χ3n) is 3.06. The smallest absolute Gasteiger partial charge is 0.265 e. The first-order valence-corrected chi connectivity index (χ1v) is 6.47. The highest BCUT2D eigenvalue weighted by Gasteiger charge is 2.25. The van der Waals surface area contributed by atoms with Crippen molar-refractivity contribution in [3.05, 3.63) is 16.1 Å². The number of amides is 1. The van der Waals surface area contributed by atoms with E-state index in [-0.39, 0.29) is 5.91 Å². The normalized spacial score (nSPS) is 21.1. The monoisotopic (exact) mass is 239 g/mol. The molecule has 1 amide bonds. The van der Waals surface area contributed by atoms with E-state index in [1.807, 2.05) is 18.9 Å². The Bertz CT molecular complexity index is 377.